The van der Waals surface area contributed by atoms with Crippen LogP contribution in [0.4, 0.5) is 0 Å². The van der Waals surface area contributed by atoms with Crippen molar-refractivity contribution in [1.82, 2.24) is 15.6 Å². The third-order valence-corrected chi connectivity index (χ3v) is 3.89. The molecule has 0 radical (unpaired) electrons. The van der Waals surface area contributed by atoms with Gasteiger partial charge in [-0.2, -0.15) is 0 Å². The van der Waals surface area contributed by atoms with Crippen molar-refractivity contribution in [3.63, 3.8) is 0 Å². The Morgan fingerprint density at radius 1 is 1.08 bits per heavy atom. The van der Waals surface area contributed by atoms with Gasteiger partial charge in [0.05, 0.1) is 12.2 Å². The molecule has 5 heteroatoms. The SMILES string of the molecule is Cc1ccccc1C(=O)NC(CC(C)C)C(=O)NCc1ccccn1. The van der Waals surface area contributed by atoms with Gasteiger partial charge in [0.15, 0.2) is 0 Å². The second-order valence-electron chi connectivity index (χ2n) is 6.51. The third kappa shape index (κ3) is 5.71. The Hall–Kier alpha value is -2.69. The summed E-state index contributed by atoms with van der Waals surface area (Å²) in [5.74, 6) is -0.138. The van der Waals surface area contributed by atoms with E-state index in [-0.39, 0.29) is 17.7 Å². The zero-order valence-corrected chi connectivity index (χ0v) is 15.0. The van der Waals surface area contributed by atoms with Gasteiger partial charge in [-0.25, -0.2) is 0 Å². The van der Waals surface area contributed by atoms with Gasteiger partial charge >= 0.3 is 0 Å². The van der Waals surface area contributed by atoms with E-state index < -0.39 is 6.04 Å². The molecule has 0 aliphatic carbocycles. The lowest BCUT2D eigenvalue weighted by atomic mass is 10.0. The lowest BCUT2D eigenvalue weighted by Crippen LogP contribution is -2.47. The molecule has 0 saturated heterocycles. The highest BCUT2D eigenvalue weighted by Crippen LogP contribution is 2.10. The molecule has 2 N–H and O–H groups in total. The van der Waals surface area contributed by atoms with Gasteiger partial charge in [0, 0.05) is 11.8 Å². The van der Waals surface area contributed by atoms with Crippen molar-refractivity contribution in [1.29, 1.82) is 0 Å². The molecule has 0 aliphatic heterocycles. The number of aromatic nitrogens is 1. The zero-order valence-electron chi connectivity index (χ0n) is 15.0. The summed E-state index contributed by atoms with van der Waals surface area (Å²) >= 11 is 0. The van der Waals surface area contributed by atoms with Gasteiger partial charge in [-0.3, -0.25) is 14.6 Å². The molecule has 0 aliphatic rings. The average Bonchev–Trinajstić information content (AvgIpc) is 2.60. The number of rotatable bonds is 7. The zero-order chi connectivity index (χ0) is 18.2. The van der Waals surface area contributed by atoms with Crippen LogP contribution in [0.2, 0.25) is 0 Å². The summed E-state index contributed by atoms with van der Waals surface area (Å²) in [6, 6.07) is 12.3. The number of carbonyl (C=O) groups is 2. The number of carbonyl (C=O) groups excluding carboxylic acids is 2. The summed E-state index contributed by atoms with van der Waals surface area (Å²) in [4.78, 5) is 29.3. The molecule has 0 spiro atoms. The van der Waals surface area contributed by atoms with Gasteiger partial charge in [0.2, 0.25) is 5.91 Å². The van der Waals surface area contributed by atoms with E-state index >= 15 is 0 Å². The second kappa shape index (κ2) is 8.97. The van der Waals surface area contributed by atoms with Gasteiger partial charge in [0.1, 0.15) is 6.04 Å². The Bertz CT molecular complexity index is 714. The van der Waals surface area contributed by atoms with E-state index in [1.165, 1.54) is 0 Å². The van der Waals surface area contributed by atoms with Crippen LogP contribution in [0.5, 0.6) is 0 Å². The van der Waals surface area contributed by atoms with Crippen LogP contribution < -0.4 is 10.6 Å². The van der Waals surface area contributed by atoms with Crippen LogP contribution >= 0.6 is 0 Å². The van der Waals surface area contributed by atoms with Crippen molar-refractivity contribution in [2.45, 2.75) is 39.8 Å². The fraction of sp³-hybridized carbons (Fsp3) is 0.350. The molecule has 1 atom stereocenters. The summed E-state index contributed by atoms with van der Waals surface area (Å²) in [6.07, 6.45) is 2.26. The van der Waals surface area contributed by atoms with Crippen molar-refractivity contribution < 1.29 is 9.59 Å². The standard InChI is InChI=1S/C20H25N3O2/c1-14(2)12-18(20(25)22-13-16-9-6-7-11-21-16)23-19(24)17-10-5-4-8-15(17)3/h4-11,14,18H,12-13H2,1-3H3,(H,22,25)(H,23,24). The maximum atomic E-state index is 12.6. The highest BCUT2D eigenvalue weighted by molar-refractivity contribution is 5.98. The Kier molecular flexibility index (Phi) is 6.69. The molecule has 132 valence electrons. The highest BCUT2D eigenvalue weighted by Gasteiger charge is 2.23. The largest absolute Gasteiger partial charge is 0.349 e. The van der Waals surface area contributed by atoms with Gasteiger partial charge < -0.3 is 10.6 Å². The van der Waals surface area contributed by atoms with Crippen molar-refractivity contribution in [2.24, 2.45) is 5.92 Å². The monoisotopic (exact) mass is 339 g/mol. The topological polar surface area (TPSA) is 71.1 Å². The fourth-order valence-electron chi connectivity index (χ4n) is 2.57. The predicted octanol–water partition coefficient (Wildman–Crippen LogP) is 2.85. The Morgan fingerprint density at radius 3 is 2.44 bits per heavy atom. The average molecular weight is 339 g/mol. The van der Waals surface area contributed by atoms with Crippen molar-refractivity contribution in [2.75, 3.05) is 0 Å². The van der Waals surface area contributed by atoms with Crippen LogP contribution in [-0.2, 0) is 11.3 Å². The summed E-state index contributed by atoms with van der Waals surface area (Å²) < 4.78 is 0. The van der Waals surface area contributed by atoms with Crippen LogP contribution in [0.3, 0.4) is 0 Å². The molecule has 1 heterocycles. The molecule has 0 bridgehead atoms. The van der Waals surface area contributed by atoms with E-state index in [0.717, 1.165) is 11.3 Å². The number of amides is 2. The first-order chi connectivity index (χ1) is 12.0. The molecular formula is C20H25N3O2. The molecule has 1 aromatic carbocycles. The molecule has 2 aromatic rings. The predicted molar refractivity (Wildman–Crippen MR) is 98.0 cm³/mol. The number of aryl methyl sites for hydroxylation is 1. The molecule has 2 rings (SSSR count). The Labute approximate surface area is 148 Å². The second-order valence-corrected chi connectivity index (χ2v) is 6.51. The van der Waals surface area contributed by atoms with E-state index in [2.05, 4.69) is 15.6 Å². The minimum atomic E-state index is -0.573. The van der Waals surface area contributed by atoms with Crippen molar-refractivity contribution in [3.05, 3.63) is 65.5 Å². The molecule has 0 saturated carbocycles. The van der Waals surface area contributed by atoms with Crippen LogP contribution in [0.1, 0.15) is 41.9 Å². The van der Waals surface area contributed by atoms with E-state index in [9.17, 15) is 9.59 Å². The van der Waals surface area contributed by atoms with Crippen molar-refractivity contribution in [3.8, 4) is 0 Å². The third-order valence-electron chi connectivity index (χ3n) is 3.89. The number of nitrogens with zero attached hydrogens (tertiary/aromatic N) is 1. The number of nitrogens with one attached hydrogen (secondary N) is 2. The van der Waals surface area contributed by atoms with Gasteiger partial charge in [-0.05, 0) is 43.0 Å². The summed E-state index contributed by atoms with van der Waals surface area (Å²) in [5, 5.41) is 5.73. The quantitative estimate of drug-likeness (QED) is 0.815. The van der Waals surface area contributed by atoms with Crippen LogP contribution in [0.15, 0.2) is 48.7 Å². The van der Waals surface area contributed by atoms with Crippen LogP contribution in [0.25, 0.3) is 0 Å². The molecule has 0 fully saturated rings. The lowest BCUT2D eigenvalue weighted by Gasteiger charge is -2.20. The number of hydrogen-bond acceptors (Lipinski definition) is 3. The summed E-state index contributed by atoms with van der Waals surface area (Å²) in [6.45, 7) is 6.28. The number of benzene rings is 1. The molecular weight excluding hydrogens is 314 g/mol. The normalized spacial score (nSPS) is 11.8. The first kappa shape index (κ1) is 18.6. The van der Waals surface area contributed by atoms with Gasteiger partial charge in [-0.15, -0.1) is 0 Å². The first-order valence-electron chi connectivity index (χ1n) is 8.51. The maximum Gasteiger partial charge on any atom is 0.252 e. The first-order valence-corrected chi connectivity index (χ1v) is 8.51. The Morgan fingerprint density at radius 2 is 1.80 bits per heavy atom. The minimum absolute atomic E-state index is 0.193. The minimum Gasteiger partial charge on any atom is -0.349 e. The molecule has 25 heavy (non-hydrogen) atoms. The van der Waals surface area contributed by atoms with E-state index in [1.807, 2.05) is 57.2 Å². The Balaban J connectivity index is 2.03. The van der Waals surface area contributed by atoms with E-state index in [4.69, 9.17) is 0 Å². The van der Waals surface area contributed by atoms with Gasteiger partial charge in [0.25, 0.3) is 5.91 Å². The lowest BCUT2D eigenvalue weighted by molar-refractivity contribution is -0.123. The summed E-state index contributed by atoms with van der Waals surface area (Å²) in [5.41, 5.74) is 2.26. The highest BCUT2D eigenvalue weighted by atomic mass is 16.2. The van der Waals surface area contributed by atoms with Crippen LogP contribution in [-0.4, -0.2) is 22.8 Å². The molecule has 1 aromatic heterocycles. The number of hydrogen-bond donors (Lipinski definition) is 2. The maximum absolute atomic E-state index is 12.6. The van der Waals surface area contributed by atoms with Crippen molar-refractivity contribution >= 4 is 11.8 Å². The van der Waals surface area contributed by atoms with E-state index in [0.29, 0.717) is 18.5 Å². The van der Waals surface area contributed by atoms with Gasteiger partial charge in [-0.1, -0.05) is 38.1 Å². The smallest absolute Gasteiger partial charge is 0.252 e. The summed E-state index contributed by atoms with van der Waals surface area (Å²) in [7, 11) is 0. The van der Waals surface area contributed by atoms with E-state index in [1.54, 1.807) is 12.3 Å². The molecule has 1 unspecified atom stereocenters. The fourth-order valence-corrected chi connectivity index (χ4v) is 2.57. The molecule has 5 nitrogen and oxygen atoms in total. The number of pyridine rings is 1. The molecule has 2 amide bonds. The van der Waals surface area contributed by atoms with Crippen LogP contribution in [0, 0.1) is 12.8 Å².